The van der Waals surface area contributed by atoms with E-state index in [1.807, 2.05) is 10.6 Å². The number of aliphatic hydroxyl groups is 1. The van der Waals surface area contributed by atoms with E-state index in [1.165, 1.54) is 12.1 Å². The molecule has 1 heterocycles. The van der Waals surface area contributed by atoms with Crippen LogP contribution in [0.1, 0.15) is 47.6 Å². The number of nitrogens with one attached hydrogen (secondary N) is 1. The second-order valence-electron chi connectivity index (χ2n) is 7.94. The summed E-state index contributed by atoms with van der Waals surface area (Å²) >= 11 is 0. The summed E-state index contributed by atoms with van der Waals surface area (Å²) in [5.41, 5.74) is 6.81. The average molecular weight is 432 g/mol. The van der Waals surface area contributed by atoms with Gasteiger partial charge < -0.3 is 15.4 Å². The number of imidazole rings is 1. The third kappa shape index (κ3) is 4.36. The van der Waals surface area contributed by atoms with Gasteiger partial charge in [0.15, 0.2) is 0 Å². The van der Waals surface area contributed by atoms with Crippen LogP contribution in [-0.4, -0.2) is 27.2 Å². The lowest BCUT2D eigenvalue weighted by atomic mass is 9.86. The molecular formula is C22H23F3N4O2. The monoisotopic (exact) mass is 432 g/mol. The smallest absolute Gasteiger partial charge is 0.399 e. The van der Waals surface area contributed by atoms with Crippen molar-refractivity contribution in [2.75, 3.05) is 17.7 Å². The van der Waals surface area contributed by atoms with E-state index in [4.69, 9.17) is 5.73 Å². The van der Waals surface area contributed by atoms with Gasteiger partial charge in [-0.05, 0) is 68.0 Å². The van der Waals surface area contributed by atoms with Crippen LogP contribution in [0.25, 0.3) is 11.0 Å². The molecule has 0 radical (unpaired) electrons. The van der Waals surface area contributed by atoms with Gasteiger partial charge in [-0.3, -0.25) is 10.1 Å². The standard InChI is InChI=1S/C22H23F3N4O2/c23-22(24,25)15-3-1-2-14(10-15)20(31)28-21-27-18-11-16(26)6-9-19(18)29(21)17-7-4-13(12-30)5-8-17/h1-3,6,9-11,13,17,30H,4-5,7-8,12,26H2,(H,27,28,31). The van der Waals surface area contributed by atoms with Crippen LogP contribution in [0.3, 0.4) is 0 Å². The number of nitrogens with zero attached hydrogens (tertiary/aromatic N) is 2. The zero-order valence-electron chi connectivity index (χ0n) is 16.7. The normalized spacial score (nSPS) is 19.5. The highest BCUT2D eigenvalue weighted by atomic mass is 19.4. The van der Waals surface area contributed by atoms with Crippen molar-refractivity contribution in [3.05, 3.63) is 53.6 Å². The molecular weight excluding hydrogens is 409 g/mol. The molecule has 1 saturated carbocycles. The Hall–Kier alpha value is -3.07. The van der Waals surface area contributed by atoms with E-state index in [2.05, 4.69) is 10.3 Å². The summed E-state index contributed by atoms with van der Waals surface area (Å²) in [5, 5.41) is 12.1. The highest BCUT2D eigenvalue weighted by molar-refractivity contribution is 6.04. The summed E-state index contributed by atoms with van der Waals surface area (Å²) in [6.07, 6.45) is -1.25. The molecule has 1 aromatic heterocycles. The van der Waals surface area contributed by atoms with E-state index in [1.54, 1.807) is 12.1 Å². The molecule has 0 bridgehead atoms. The van der Waals surface area contributed by atoms with Crippen molar-refractivity contribution in [3.63, 3.8) is 0 Å². The van der Waals surface area contributed by atoms with Gasteiger partial charge >= 0.3 is 6.18 Å². The fourth-order valence-corrected chi connectivity index (χ4v) is 4.17. The van der Waals surface area contributed by atoms with E-state index in [-0.39, 0.29) is 30.1 Å². The fraction of sp³-hybridized carbons (Fsp3) is 0.364. The van der Waals surface area contributed by atoms with Crippen LogP contribution in [0.5, 0.6) is 0 Å². The number of rotatable bonds is 4. The Balaban J connectivity index is 1.68. The number of benzene rings is 2. The number of anilines is 2. The summed E-state index contributed by atoms with van der Waals surface area (Å²) < 4.78 is 41.0. The molecule has 3 aromatic rings. The maximum atomic E-state index is 13.0. The van der Waals surface area contributed by atoms with Gasteiger partial charge in [0.2, 0.25) is 5.95 Å². The maximum absolute atomic E-state index is 13.0. The van der Waals surface area contributed by atoms with Crippen molar-refractivity contribution in [1.29, 1.82) is 0 Å². The Morgan fingerprint density at radius 2 is 1.90 bits per heavy atom. The number of carbonyl (C=O) groups is 1. The molecule has 9 heteroatoms. The zero-order chi connectivity index (χ0) is 22.2. The van der Waals surface area contributed by atoms with Gasteiger partial charge in [0.05, 0.1) is 16.6 Å². The summed E-state index contributed by atoms with van der Waals surface area (Å²) in [4.78, 5) is 17.3. The number of nitrogen functional groups attached to an aromatic ring is 1. The van der Waals surface area contributed by atoms with Crippen LogP contribution >= 0.6 is 0 Å². The van der Waals surface area contributed by atoms with E-state index in [0.29, 0.717) is 11.2 Å². The Labute approximate surface area is 176 Å². The van der Waals surface area contributed by atoms with Gasteiger partial charge in [0.1, 0.15) is 0 Å². The lowest BCUT2D eigenvalue weighted by molar-refractivity contribution is -0.137. The van der Waals surface area contributed by atoms with Gasteiger partial charge in [-0.2, -0.15) is 13.2 Å². The average Bonchev–Trinajstić information content (AvgIpc) is 3.10. The molecule has 1 aliphatic rings. The first kappa shape index (κ1) is 21.2. The molecule has 0 atom stereocenters. The molecule has 1 aliphatic carbocycles. The summed E-state index contributed by atoms with van der Waals surface area (Å²) in [6.45, 7) is 0.146. The Bertz CT molecular complexity index is 1100. The van der Waals surface area contributed by atoms with Crippen LogP contribution < -0.4 is 11.1 Å². The largest absolute Gasteiger partial charge is 0.416 e. The Morgan fingerprint density at radius 1 is 1.16 bits per heavy atom. The molecule has 0 spiro atoms. The number of aliphatic hydroxyl groups excluding tert-OH is 1. The minimum absolute atomic E-state index is 0.0493. The number of hydrogen-bond acceptors (Lipinski definition) is 4. The van der Waals surface area contributed by atoms with E-state index >= 15 is 0 Å². The summed E-state index contributed by atoms with van der Waals surface area (Å²) in [7, 11) is 0. The molecule has 6 nitrogen and oxygen atoms in total. The zero-order valence-corrected chi connectivity index (χ0v) is 16.7. The van der Waals surface area contributed by atoms with Crippen molar-refractivity contribution < 1.29 is 23.1 Å². The third-order valence-corrected chi connectivity index (χ3v) is 5.83. The predicted octanol–water partition coefficient (Wildman–Crippen LogP) is 4.61. The lowest BCUT2D eigenvalue weighted by Crippen LogP contribution is -2.23. The summed E-state index contributed by atoms with van der Waals surface area (Å²) in [5.74, 6) is -0.139. The predicted molar refractivity (Wildman–Crippen MR) is 112 cm³/mol. The molecule has 1 fully saturated rings. The molecule has 0 saturated heterocycles. The first-order valence-electron chi connectivity index (χ1n) is 10.1. The second kappa shape index (κ2) is 8.22. The Morgan fingerprint density at radius 3 is 2.58 bits per heavy atom. The molecule has 4 rings (SSSR count). The van der Waals surface area contributed by atoms with Gasteiger partial charge in [-0.25, -0.2) is 4.98 Å². The van der Waals surface area contributed by atoms with Crippen molar-refractivity contribution in [2.45, 2.75) is 37.9 Å². The van der Waals surface area contributed by atoms with Gasteiger partial charge in [-0.15, -0.1) is 0 Å². The molecule has 1 amide bonds. The lowest BCUT2D eigenvalue weighted by Gasteiger charge is -2.29. The fourth-order valence-electron chi connectivity index (χ4n) is 4.17. The first-order valence-corrected chi connectivity index (χ1v) is 10.1. The van der Waals surface area contributed by atoms with Crippen LogP contribution in [0, 0.1) is 5.92 Å². The highest BCUT2D eigenvalue weighted by Gasteiger charge is 2.31. The number of alkyl halides is 3. The van der Waals surface area contributed by atoms with E-state index in [0.717, 1.165) is 43.3 Å². The molecule has 2 aromatic carbocycles. The number of carbonyl (C=O) groups excluding carboxylic acids is 1. The number of hydrogen-bond donors (Lipinski definition) is 3. The number of halogens is 3. The van der Waals surface area contributed by atoms with Gasteiger partial charge in [0, 0.05) is 23.9 Å². The summed E-state index contributed by atoms with van der Waals surface area (Å²) in [6, 6.07) is 9.62. The van der Waals surface area contributed by atoms with Gasteiger partial charge in [-0.1, -0.05) is 6.07 Å². The molecule has 0 unspecified atom stereocenters. The number of fused-ring (bicyclic) bond motifs is 1. The van der Waals surface area contributed by atoms with Crippen molar-refractivity contribution in [2.24, 2.45) is 5.92 Å². The molecule has 4 N–H and O–H groups in total. The van der Waals surface area contributed by atoms with E-state index in [9.17, 15) is 23.1 Å². The molecule has 0 aliphatic heterocycles. The van der Waals surface area contributed by atoms with Gasteiger partial charge in [0.25, 0.3) is 5.91 Å². The highest BCUT2D eigenvalue weighted by Crippen LogP contribution is 2.37. The molecule has 31 heavy (non-hydrogen) atoms. The van der Waals surface area contributed by atoms with Crippen LogP contribution in [-0.2, 0) is 6.18 Å². The third-order valence-electron chi connectivity index (χ3n) is 5.83. The number of nitrogens with two attached hydrogens (primary N) is 1. The van der Waals surface area contributed by atoms with Crippen LogP contribution in [0.4, 0.5) is 24.8 Å². The molecule has 164 valence electrons. The second-order valence-corrected chi connectivity index (χ2v) is 7.94. The van der Waals surface area contributed by atoms with E-state index < -0.39 is 17.6 Å². The van der Waals surface area contributed by atoms with Crippen molar-refractivity contribution in [1.82, 2.24) is 9.55 Å². The minimum atomic E-state index is -4.54. The maximum Gasteiger partial charge on any atom is 0.416 e. The van der Waals surface area contributed by atoms with Crippen molar-refractivity contribution >= 4 is 28.6 Å². The topological polar surface area (TPSA) is 93.2 Å². The van der Waals surface area contributed by atoms with Crippen LogP contribution in [0.15, 0.2) is 42.5 Å². The SMILES string of the molecule is Nc1ccc2c(c1)nc(NC(=O)c1cccc(C(F)(F)F)c1)n2C1CCC(CO)CC1. The quantitative estimate of drug-likeness (QED) is 0.525. The number of amides is 1. The van der Waals surface area contributed by atoms with Crippen molar-refractivity contribution in [3.8, 4) is 0 Å². The Kier molecular flexibility index (Phi) is 5.62. The first-order chi connectivity index (χ1) is 14.8. The van der Waals surface area contributed by atoms with Crippen LogP contribution in [0.2, 0.25) is 0 Å². The number of aromatic nitrogens is 2. The minimum Gasteiger partial charge on any atom is -0.399 e.